The standard InChI is InChI=1S/C26H27NOP/c28-26-25(17-10-20-27(26)21-18-19-21)29(22-11-4-1-5-12-22,23-13-6-2-7-14-23)24-15-8-3-9-16-24/h1-9,11-16,21,25H,10,17-20H2/q+1/t25-/m1/s1. The van der Waals surface area contributed by atoms with E-state index in [4.69, 9.17) is 0 Å². The number of hydrogen-bond acceptors (Lipinski definition) is 1. The van der Waals surface area contributed by atoms with Crippen molar-refractivity contribution < 1.29 is 4.79 Å². The highest BCUT2D eigenvalue weighted by Crippen LogP contribution is 2.62. The minimum absolute atomic E-state index is 0.0176. The summed E-state index contributed by atoms with van der Waals surface area (Å²) < 4.78 is 0. The topological polar surface area (TPSA) is 20.3 Å². The van der Waals surface area contributed by atoms with E-state index < -0.39 is 7.26 Å². The molecule has 0 radical (unpaired) electrons. The Morgan fingerprint density at radius 3 is 1.52 bits per heavy atom. The molecule has 1 saturated heterocycles. The Morgan fingerprint density at radius 1 is 0.655 bits per heavy atom. The molecule has 146 valence electrons. The summed E-state index contributed by atoms with van der Waals surface area (Å²) in [6, 6.07) is 33.0. The van der Waals surface area contributed by atoms with Gasteiger partial charge in [-0.2, -0.15) is 0 Å². The van der Waals surface area contributed by atoms with E-state index in [2.05, 4.69) is 95.9 Å². The Hall–Kier alpha value is -2.44. The lowest BCUT2D eigenvalue weighted by Crippen LogP contribution is -2.51. The van der Waals surface area contributed by atoms with Gasteiger partial charge in [-0.3, -0.25) is 4.79 Å². The summed E-state index contributed by atoms with van der Waals surface area (Å²) in [5.41, 5.74) is 0.0176. The maximum Gasteiger partial charge on any atom is 0.264 e. The van der Waals surface area contributed by atoms with Gasteiger partial charge < -0.3 is 4.90 Å². The molecule has 1 atom stereocenters. The van der Waals surface area contributed by atoms with Gasteiger partial charge in [-0.1, -0.05) is 54.6 Å². The summed E-state index contributed by atoms with van der Waals surface area (Å²) >= 11 is 0. The van der Waals surface area contributed by atoms with Gasteiger partial charge in [-0.05, 0) is 62.1 Å². The SMILES string of the molecule is O=C1[C@H]([P+](c2ccccc2)(c2ccccc2)c2ccccc2)CCCN1C1CC1. The molecule has 1 saturated carbocycles. The molecule has 3 aromatic carbocycles. The van der Waals surface area contributed by atoms with Gasteiger partial charge in [0.1, 0.15) is 23.2 Å². The molecule has 1 aliphatic carbocycles. The van der Waals surface area contributed by atoms with Gasteiger partial charge in [0.2, 0.25) is 0 Å². The summed E-state index contributed by atoms with van der Waals surface area (Å²) in [4.78, 5) is 16.1. The fourth-order valence-corrected chi connectivity index (χ4v) is 9.92. The van der Waals surface area contributed by atoms with Crippen molar-refractivity contribution in [2.45, 2.75) is 37.4 Å². The van der Waals surface area contributed by atoms with E-state index in [1.807, 2.05) is 0 Å². The van der Waals surface area contributed by atoms with E-state index in [0.717, 1.165) is 19.4 Å². The molecule has 1 aliphatic heterocycles. The van der Waals surface area contributed by atoms with Gasteiger partial charge in [-0.15, -0.1) is 0 Å². The quantitative estimate of drug-likeness (QED) is 0.590. The Kier molecular flexibility index (Phi) is 4.97. The number of likely N-dealkylation sites (tertiary alicyclic amines) is 1. The van der Waals surface area contributed by atoms with Crippen molar-refractivity contribution in [2.75, 3.05) is 6.54 Å². The maximum atomic E-state index is 13.9. The van der Waals surface area contributed by atoms with Gasteiger partial charge in [0, 0.05) is 12.6 Å². The van der Waals surface area contributed by atoms with Crippen LogP contribution in [0.5, 0.6) is 0 Å². The van der Waals surface area contributed by atoms with E-state index in [0.29, 0.717) is 11.9 Å². The first kappa shape index (κ1) is 18.6. The number of amides is 1. The summed E-state index contributed by atoms with van der Waals surface area (Å²) in [7, 11) is -2.13. The zero-order valence-corrected chi connectivity index (χ0v) is 17.5. The van der Waals surface area contributed by atoms with Crippen LogP contribution < -0.4 is 15.9 Å². The smallest absolute Gasteiger partial charge is 0.264 e. The lowest BCUT2D eigenvalue weighted by atomic mass is 10.1. The van der Waals surface area contributed by atoms with Crippen molar-refractivity contribution in [2.24, 2.45) is 0 Å². The van der Waals surface area contributed by atoms with Crippen LogP contribution >= 0.6 is 7.26 Å². The number of rotatable bonds is 5. The van der Waals surface area contributed by atoms with E-state index in [9.17, 15) is 4.79 Å². The minimum Gasteiger partial charge on any atom is -0.336 e. The lowest BCUT2D eigenvalue weighted by Gasteiger charge is -2.39. The van der Waals surface area contributed by atoms with Crippen LogP contribution in [0, 0.1) is 0 Å². The summed E-state index contributed by atoms with van der Waals surface area (Å²) in [6.45, 7) is 0.929. The number of carbonyl (C=O) groups excluding carboxylic acids is 1. The molecule has 2 fully saturated rings. The molecule has 1 amide bonds. The highest BCUT2D eigenvalue weighted by Gasteiger charge is 2.58. The van der Waals surface area contributed by atoms with Crippen LogP contribution in [0.4, 0.5) is 0 Å². The van der Waals surface area contributed by atoms with Gasteiger partial charge in [0.15, 0.2) is 5.66 Å². The lowest BCUT2D eigenvalue weighted by molar-refractivity contribution is -0.133. The molecule has 3 aromatic rings. The molecule has 0 bridgehead atoms. The molecule has 0 spiro atoms. The Bertz CT molecular complexity index is 873. The zero-order chi connectivity index (χ0) is 19.7. The predicted octanol–water partition coefficient (Wildman–Crippen LogP) is 4.13. The molecule has 0 unspecified atom stereocenters. The fraction of sp³-hybridized carbons (Fsp3) is 0.269. The van der Waals surface area contributed by atoms with Crippen LogP contribution in [0.2, 0.25) is 0 Å². The fourth-order valence-electron chi connectivity index (χ4n) is 4.96. The number of piperidine rings is 1. The third-order valence-electron chi connectivity index (χ3n) is 6.39. The Morgan fingerprint density at radius 2 is 1.10 bits per heavy atom. The molecule has 2 aliphatic rings. The van der Waals surface area contributed by atoms with Crippen LogP contribution in [0.1, 0.15) is 25.7 Å². The van der Waals surface area contributed by atoms with Crippen molar-refractivity contribution in [1.82, 2.24) is 4.90 Å². The number of hydrogen-bond donors (Lipinski definition) is 0. The Balaban J connectivity index is 1.77. The average molecular weight is 400 g/mol. The zero-order valence-electron chi connectivity index (χ0n) is 16.7. The van der Waals surface area contributed by atoms with E-state index in [1.165, 1.54) is 28.8 Å². The first-order valence-electron chi connectivity index (χ1n) is 10.7. The van der Waals surface area contributed by atoms with Crippen LogP contribution in [0.25, 0.3) is 0 Å². The molecular formula is C26H27NOP+. The molecule has 29 heavy (non-hydrogen) atoms. The normalized spacial score (nSPS) is 19.9. The van der Waals surface area contributed by atoms with Crippen molar-refractivity contribution in [3.8, 4) is 0 Å². The molecule has 1 heterocycles. The highest BCUT2D eigenvalue weighted by molar-refractivity contribution is 7.96. The number of nitrogens with zero attached hydrogens (tertiary/aromatic N) is 1. The van der Waals surface area contributed by atoms with Crippen LogP contribution in [0.3, 0.4) is 0 Å². The second-order valence-electron chi connectivity index (χ2n) is 8.15. The van der Waals surface area contributed by atoms with Crippen LogP contribution in [-0.4, -0.2) is 29.1 Å². The van der Waals surface area contributed by atoms with E-state index >= 15 is 0 Å². The third kappa shape index (κ3) is 3.20. The maximum absolute atomic E-state index is 13.9. The van der Waals surface area contributed by atoms with Crippen molar-refractivity contribution in [3.63, 3.8) is 0 Å². The monoisotopic (exact) mass is 400 g/mol. The molecule has 0 N–H and O–H groups in total. The second kappa shape index (κ2) is 7.76. The molecule has 3 heteroatoms. The predicted molar refractivity (Wildman–Crippen MR) is 123 cm³/mol. The van der Waals surface area contributed by atoms with Gasteiger partial charge in [-0.25, -0.2) is 0 Å². The number of benzene rings is 3. The molecule has 5 rings (SSSR count). The van der Waals surface area contributed by atoms with E-state index in [-0.39, 0.29) is 5.66 Å². The van der Waals surface area contributed by atoms with Gasteiger partial charge in [0.05, 0.1) is 0 Å². The van der Waals surface area contributed by atoms with Crippen molar-refractivity contribution in [3.05, 3.63) is 91.0 Å². The summed E-state index contributed by atoms with van der Waals surface area (Å²) in [5, 5.41) is 3.94. The number of carbonyl (C=O) groups is 1. The largest absolute Gasteiger partial charge is 0.336 e. The summed E-state index contributed by atoms with van der Waals surface area (Å²) in [5.74, 6) is 0.378. The third-order valence-corrected chi connectivity index (χ3v) is 11.1. The van der Waals surface area contributed by atoms with Crippen molar-refractivity contribution >= 4 is 29.1 Å². The van der Waals surface area contributed by atoms with Crippen LogP contribution in [0.15, 0.2) is 91.0 Å². The highest BCUT2D eigenvalue weighted by atomic mass is 31.2. The molecule has 2 nitrogen and oxygen atoms in total. The minimum atomic E-state index is -2.13. The van der Waals surface area contributed by atoms with Gasteiger partial charge >= 0.3 is 0 Å². The summed E-state index contributed by atoms with van der Waals surface area (Å²) in [6.07, 6.45) is 4.41. The second-order valence-corrected chi connectivity index (χ2v) is 11.8. The molecule has 0 aromatic heterocycles. The van der Waals surface area contributed by atoms with E-state index in [1.54, 1.807) is 0 Å². The first-order chi connectivity index (χ1) is 14.3. The molecular weight excluding hydrogens is 373 g/mol. The first-order valence-corrected chi connectivity index (χ1v) is 12.5. The van der Waals surface area contributed by atoms with Crippen molar-refractivity contribution in [1.29, 1.82) is 0 Å². The van der Waals surface area contributed by atoms with Gasteiger partial charge in [0.25, 0.3) is 5.91 Å². The van der Waals surface area contributed by atoms with Crippen LogP contribution in [-0.2, 0) is 4.79 Å². The Labute approximate surface area is 173 Å². The average Bonchev–Trinajstić information content (AvgIpc) is 3.63.